The lowest BCUT2D eigenvalue weighted by Gasteiger charge is -2.30. The Bertz CT molecular complexity index is 1110. The molecule has 1 aliphatic rings. The predicted molar refractivity (Wildman–Crippen MR) is 126 cm³/mol. The first-order valence-corrected chi connectivity index (χ1v) is 11.5. The molecule has 0 radical (unpaired) electrons. The zero-order valence-electron chi connectivity index (χ0n) is 17.5. The third-order valence-electron chi connectivity index (χ3n) is 5.44. The number of carbonyl (C=O) groups is 1. The van der Waals surface area contributed by atoms with Crippen LogP contribution in [0.2, 0.25) is 5.02 Å². The van der Waals surface area contributed by atoms with Crippen LogP contribution in [0, 0.1) is 12.7 Å². The molecule has 31 heavy (non-hydrogen) atoms. The quantitative estimate of drug-likeness (QED) is 0.520. The summed E-state index contributed by atoms with van der Waals surface area (Å²) in [6.07, 6.45) is 0.666. The highest BCUT2D eigenvalue weighted by Gasteiger charge is 2.20. The molecule has 0 unspecified atom stereocenters. The van der Waals surface area contributed by atoms with Gasteiger partial charge in [0, 0.05) is 45.2 Å². The maximum absolute atomic E-state index is 13.9. The molecule has 1 fully saturated rings. The Balaban J connectivity index is 1.42. The van der Waals surface area contributed by atoms with Crippen LogP contribution in [0.4, 0.5) is 15.8 Å². The normalized spacial score (nSPS) is 14.1. The van der Waals surface area contributed by atoms with Crippen molar-refractivity contribution in [3.05, 3.63) is 51.2 Å². The molecule has 9 heteroatoms. The van der Waals surface area contributed by atoms with E-state index in [1.165, 1.54) is 17.4 Å². The zero-order chi connectivity index (χ0) is 22.0. The topological polar surface area (TPSA) is 69.3 Å². The van der Waals surface area contributed by atoms with Crippen LogP contribution in [0.1, 0.15) is 20.9 Å². The molecule has 0 aliphatic carbocycles. The molecule has 1 saturated heterocycles. The second-order valence-corrected chi connectivity index (χ2v) is 8.90. The Labute approximate surface area is 189 Å². The van der Waals surface area contributed by atoms with Gasteiger partial charge in [0.1, 0.15) is 15.5 Å². The summed E-state index contributed by atoms with van der Waals surface area (Å²) in [7, 11) is 1.72. The van der Waals surface area contributed by atoms with Gasteiger partial charge in [0.15, 0.2) is 0 Å². The molecule has 4 rings (SSSR count). The molecule has 0 atom stereocenters. The van der Waals surface area contributed by atoms with Crippen molar-refractivity contribution in [2.75, 3.05) is 50.0 Å². The summed E-state index contributed by atoms with van der Waals surface area (Å²) >= 11 is 7.78. The standard InChI is InChI=1S/C22H25ClFN5OS/c1-13-17(24)12-15-19(25-2)20(31-22(15)28-13)21(30)27-6-5-14-3-4-18(16(23)11-14)29-9-7-26-8-10-29/h3-4,11-12,25-26H,5-10H2,1-2H3,(H,27,30). The van der Waals surface area contributed by atoms with Crippen LogP contribution in [0.25, 0.3) is 10.2 Å². The molecule has 0 spiro atoms. The van der Waals surface area contributed by atoms with Gasteiger partial charge in [-0.2, -0.15) is 0 Å². The number of carbonyl (C=O) groups excluding carboxylic acids is 1. The molecule has 1 amide bonds. The minimum Gasteiger partial charge on any atom is -0.386 e. The van der Waals surface area contributed by atoms with Crippen LogP contribution in [-0.4, -0.2) is 50.7 Å². The van der Waals surface area contributed by atoms with E-state index in [9.17, 15) is 9.18 Å². The van der Waals surface area contributed by atoms with Crippen molar-refractivity contribution in [3.8, 4) is 0 Å². The van der Waals surface area contributed by atoms with E-state index in [4.69, 9.17) is 11.6 Å². The highest BCUT2D eigenvalue weighted by Crippen LogP contribution is 2.35. The van der Waals surface area contributed by atoms with E-state index in [0.717, 1.165) is 42.5 Å². The smallest absolute Gasteiger partial charge is 0.263 e. The third kappa shape index (κ3) is 4.61. The van der Waals surface area contributed by atoms with E-state index in [0.29, 0.717) is 39.4 Å². The summed E-state index contributed by atoms with van der Waals surface area (Å²) in [6, 6.07) is 7.51. The fourth-order valence-corrected chi connectivity index (χ4v) is 5.21. The SMILES string of the molecule is CNc1c(C(=O)NCCc2ccc(N3CCNCC3)c(Cl)c2)sc2nc(C)c(F)cc12. The number of hydrogen-bond donors (Lipinski definition) is 3. The summed E-state index contributed by atoms with van der Waals surface area (Å²) in [5.41, 5.74) is 3.04. The molecule has 2 aromatic heterocycles. The molecule has 6 nitrogen and oxygen atoms in total. The van der Waals surface area contributed by atoms with Gasteiger partial charge in [-0.15, -0.1) is 11.3 Å². The van der Waals surface area contributed by atoms with Gasteiger partial charge >= 0.3 is 0 Å². The fourth-order valence-electron chi connectivity index (χ4n) is 3.76. The van der Waals surface area contributed by atoms with Gasteiger partial charge in [0.25, 0.3) is 5.91 Å². The lowest BCUT2D eigenvalue weighted by atomic mass is 10.1. The molecule has 1 aliphatic heterocycles. The number of benzene rings is 1. The Morgan fingerprint density at radius 2 is 2.10 bits per heavy atom. The molecular weight excluding hydrogens is 437 g/mol. The number of fused-ring (bicyclic) bond motifs is 1. The summed E-state index contributed by atoms with van der Waals surface area (Å²) in [4.78, 5) is 20.5. The molecule has 3 heterocycles. The van der Waals surface area contributed by atoms with Gasteiger partial charge in [-0.1, -0.05) is 17.7 Å². The van der Waals surface area contributed by atoms with E-state index in [1.54, 1.807) is 14.0 Å². The largest absolute Gasteiger partial charge is 0.386 e. The number of nitrogens with zero attached hydrogens (tertiary/aromatic N) is 2. The van der Waals surface area contributed by atoms with Crippen LogP contribution in [0.3, 0.4) is 0 Å². The summed E-state index contributed by atoms with van der Waals surface area (Å²) in [5, 5.41) is 10.7. The Morgan fingerprint density at radius 1 is 1.32 bits per heavy atom. The number of anilines is 2. The molecule has 1 aromatic carbocycles. The lowest BCUT2D eigenvalue weighted by molar-refractivity contribution is 0.0959. The zero-order valence-corrected chi connectivity index (χ0v) is 19.1. The monoisotopic (exact) mass is 461 g/mol. The van der Waals surface area contributed by atoms with E-state index in [2.05, 4.69) is 38.0 Å². The fraction of sp³-hybridized carbons (Fsp3) is 0.364. The number of halogens is 2. The number of piperazine rings is 1. The van der Waals surface area contributed by atoms with Crippen LogP contribution in [0.5, 0.6) is 0 Å². The van der Waals surface area contributed by atoms with Crippen molar-refractivity contribution in [1.82, 2.24) is 15.6 Å². The lowest BCUT2D eigenvalue weighted by Crippen LogP contribution is -2.43. The number of thiophene rings is 1. The number of aryl methyl sites for hydroxylation is 1. The van der Waals surface area contributed by atoms with Crippen LogP contribution < -0.4 is 20.9 Å². The Hall–Kier alpha value is -2.42. The van der Waals surface area contributed by atoms with Crippen LogP contribution >= 0.6 is 22.9 Å². The maximum atomic E-state index is 13.9. The van der Waals surface area contributed by atoms with Gasteiger partial charge in [-0.05, 0) is 37.1 Å². The predicted octanol–water partition coefficient (Wildman–Crippen LogP) is 3.82. The molecule has 164 valence electrons. The molecule has 3 aromatic rings. The van der Waals surface area contributed by atoms with Gasteiger partial charge in [-0.25, -0.2) is 9.37 Å². The number of amides is 1. The van der Waals surface area contributed by atoms with Crippen molar-refractivity contribution < 1.29 is 9.18 Å². The highest BCUT2D eigenvalue weighted by atomic mass is 35.5. The van der Waals surface area contributed by atoms with E-state index in [-0.39, 0.29) is 11.7 Å². The number of aromatic nitrogens is 1. The average Bonchev–Trinajstić information content (AvgIpc) is 3.12. The van der Waals surface area contributed by atoms with Crippen LogP contribution in [-0.2, 0) is 6.42 Å². The second-order valence-electron chi connectivity index (χ2n) is 7.49. The summed E-state index contributed by atoms with van der Waals surface area (Å²) in [6.45, 7) is 5.88. The third-order valence-corrected chi connectivity index (χ3v) is 6.84. The van der Waals surface area contributed by atoms with E-state index < -0.39 is 0 Å². The van der Waals surface area contributed by atoms with Gasteiger partial charge in [-0.3, -0.25) is 4.79 Å². The summed E-state index contributed by atoms with van der Waals surface area (Å²) < 4.78 is 13.9. The van der Waals surface area contributed by atoms with Gasteiger partial charge in [0.05, 0.1) is 22.1 Å². The van der Waals surface area contributed by atoms with Crippen LogP contribution in [0.15, 0.2) is 24.3 Å². The second kappa shape index (κ2) is 9.38. The van der Waals surface area contributed by atoms with Crippen molar-refractivity contribution >= 4 is 50.4 Å². The van der Waals surface area contributed by atoms with E-state index >= 15 is 0 Å². The first kappa shape index (κ1) is 21.8. The van der Waals surface area contributed by atoms with Crippen molar-refractivity contribution in [2.24, 2.45) is 0 Å². The number of nitrogens with one attached hydrogen (secondary N) is 3. The van der Waals surface area contributed by atoms with Gasteiger partial charge < -0.3 is 20.9 Å². The molecular formula is C22H25ClFN5OS. The van der Waals surface area contributed by atoms with Crippen molar-refractivity contribution in [2.45, 2.75) is 13.3 Å². The van der Waals surface area contributed by atoms with Gasteiger partial charge in [0.2, 0.25) is 0 Å². The molecule has 0 saturated carbocycles. The molecule has 3 N–H and O–H groups in total. The Morgan fingerprint density at radius 3 is 2.81 bits per heavy atom. The number of rotatable bonds is 6. The summed E-state index contributed by atoms with van der Waals surface area (Å²) in [5.74, 6) is -0.580. The first-order chi connectivity index (χ1) is 15.0. The minimum atomic E-state index is -0.380. The first-order valence-electron chi connectivity index (χ1n) is 10.3. The Kier molecular flexibility index (Phi) is 6.60. The van der Waals surface area contributed by atoms with Crippen molar-refractivity contribution in [1.29, 1.82) is 0 Å². The minimum absolute atomic E-state index is 0.200. The molecule has 0 bridgehead atoms. The number of pyridine rings is 1. The maximum Gasteiger partial charge on any atom is 0.263 e. The highest BCUT2D eigenvalue weighted by molar-refractivity contribution is 7.21. The van der Waals surface area contributed by atoms with E-state index in [1.807, 2.05) is 6.07 Å². The number of hydrogen-bond acceptors (Lipinski definition) is 6. The van der Waals surface area contributed by atoms with Crippen molar-refractivity contribution in [3.63, 3.8) is 0 Å². The average molecular weight is 462 g/mol.